The monoisotopic (exact) mass is 315 g/mol. The van der Waals surface area contributed by atoms with Gasteiger partial charge in [0.05, 0.1) is 7.11 Å². The summed E-state index contributed by atoms with van der Waals surface area (Å²) < 4.78 is 12.4. The second-order valence-electron chi connectivity index (χ2n) is 4.85. The topological polar surface area (TPSA) is 77.8 Å². The Morgan fingerprint density at radius 1 is 1.26 bits per heavy atom. The highest BCUT2D eigenvalue weighted by Crippen LogP contribution is 2.29. The minimum atomic E-state index is -1.02. The first-order valence-corrected chi connectivity index (χ1v) is 6.87. The smallest absolute Gasteiger partial charge is 0.328 e. The van der Waals surface area contributed by atoms with Crippen molar-refractivity contribution in [3.05, 3.63) is 64.1 Å². The van der Waals surface area contributed by atoms with Crippen LogP contribution in [0.25, 0.3) is 6.08 Å². The summed E-state index contributed by atoms with van der Waals surface area (Å²) in [6.07, 6.45) is 4.20. The summed E-state index contributed by atoms with van der Waals surface area (Å²) in [6, 6.07) is 8.41. The number of aromatic nitrogens is 1. The Bertz CT molecular complexity index is 792. The van der Waals surface area contributed by atoms with Gasteiger partial charge < -0.3 is 19.1 Å². The van der Waals surface area contributed by atoms with Crippen molar-refractivity contribution in [3.63, 3.8) is 0 Å². The lowest BCUT2D eigenvalue weighted by Gasteiger charge is -2.11. The van der Waals surface area contributed by atoms with Crippen molar-refractivity contribution >= 4 is 12.0 Å². The molecule has 0 spiro atoms. The fraction of sp³-hybridized carbons (Fsp3) is 0.176. The number of rotatable bonds is 6. The Morgan fingerprint density at radius 2 is 2.04 bits per heavy atom. The van der Waals surface area contributed by atoms with Crippen LogP contribution in [0.15, 0.2) is 47.4 Å². The number of ether oxygens (including phenoxy) is 2. The number of carbonyl (C=O) groups is 1. The predicted molar refractivity (Wildman–Crippen MR) is 85.7 cm³/mol. The van der Waals surface area contributed by atoms with Crippen LogP contribution in [-0.4, -0.2) is 22.8 Å². The highest BCUT2D eigenvalue weighted by atomic mass is 16.5. The van der Waals surface area contributed by atoms with Crippen molar-refractivity contribution in [2.75, 3.05) is 7.11 Å². The van der Waals surface area contributed by atoms with E-state index in [9.17, 15) is 9.59 Å². The number of pyridine rings is 1. The molecule has 0 radical (unpaired) electrons. The normalized spacial score (nSPS) is 10.7. The number of nitrogens with zero attached hydrogens (tertiary/aromatic N) is 1. The van der Waals surface area contributed by atoms with Gasteiger partial charge in [-0.3, -0.25) is 4.79 Å². The van der Waals surface area contributed by atoms with Crippen molar-refractivity contribution in [2.24, 2.45) is 7.05 Å². The number of aryl methyl sites for hydroxylation is 1. The number of carboxylic acid groups (broad SMARTS) is 1. The summed E-state index contributed by atoms with van der Waals surface area (Å²) in [4.78, 5) is 22.1. The minimum Gasteiger partial charge on any atom is -0.493 e. The van der Waals surface area contributed by atoms with E-state index >= 15 is 0 Å². The molecule has 2 rings (SSSR count). The van der Waals surface area contributed by atoms with E-state index in [0.717, 1.165) is 11.6 Å². The summed E-state index contributed by atoms with van der Waals surface area (Å²) in [5.41, 5.74) is 1.34. The second-order valence-corrected chi connectivity index (χ2v) is 4.85. The molecular weight excluding hydrogens is 298 g/mol. The molecule has 6 heteroatoms. The molecule has 1 aromatic carbocycles. The van der Waals surface area contributed by atoms with Gasteiger partial charge in [-0.15, -0.1) is 0 Å². The van der Waals surface area contributed by atoms with Crippen LogP contribution in [0, 0.1) is 0 Å². The lowest BCUT2D eigenvalue weighted by molar-refractivity contribution is -0.131. The van der Waals surface area contributed by atoms with Gasteiger partial charge in [-0.2, -0.15) is 0 Å². The van der Waals surface area contributed by atoms with E-state index in [0.29, 0.717) is 17.1 Å². The van der Waals surface area contributed by atoms with E-state index < -0.39 is 5.97 Å². The van der Waals surface area contributed by atoms with Gasteiger partial charge in [0.1, 0.15) is 6.61 Å². The molecule has 0 saturated heterocycles. The van der Waals surface area contributed by atoms with Crippen molar-refractivity contribution in [1.29, 1.82) is 0 Å². The van der Waals surface area contributed by atoms with Crippen LogP contribution in [0.3, 0.4) is 0 Å². The van der Waals surface area contributed by atoms with Crippen LogP contribution in [0.4, 0.5) is 0 Å². The van der Waals surface area contributed by atoms with E-state index in [-0.39, 0.29) is 12.2 Å². The third kappa shape index (κ3) is 4.47. The number of carboxylic acids is 1. The van der Waals surface area contributed by atoms with Crippen LogP contribution in [0.2, 0.25) is 0 Å². The molecule has 1 heterocycles. The number of aliphatic carboxylic acids is 1. The summed E-state index contributed by atoms with van der Waals surface area (Å²) in [5.74, 6) is -0.0167. The second kappa shape index (κ2) is 7.31. The highest BCUT2D eigenvalue weighted by Gasteiger charge is 2.06. The van der Waals surface area contributed by atoms with Crippen molar-refractivity contribution < 1.29 is 19.4 Å². The van der Waals surface area contributed by atoms with Gasteiger partial charge in [-0.05, 0) is 35.4 Å². The summed E-state index contributed by atoms with van der Waals surface area (Å²) in [5, 5.41) is 8.64. The van der Waals surface area contributed by atoms with Gasteiger partial charge in [0.2, 0.25) is 0 Å². The molecule has 2 aromatic rings. The first-order chi connectivity index (χ1) is 11.0. The molecule has 1 N–H and O–H groups in total. The minimum absolute atomic E-state index is 0.104. The fourth-order valence-corrected chi connectivity index (χ4v) is 1.91. The molecule has 6 nitrogen and oxygen atoms in total. The molecule has 0 fully saturated rings. The highest BCUT2D eigenvalue weighted by molar-refractivity contribution is 5.85. The number of hydrogen-bond acceptors (Lipinski definition) is 4. The largest absolute Gasteiger partial charge is 0.493 e. The molecule has 0 atom stereocenters. The number of hydrogen-bond donors (Lipinski definition) is 1. The maximum Gasteiger partial charge on any atom is 0.328 e. The van der Waals surface area contributed by atoms with Gasteiger partial charge in [-0.1, -0.05) is 6.07 Å². The molecule has 1 aromatic heterocycles. The average molecular weight is 315 g/mol. The molecule has 0 aliphatic carbocycles. The summed E-state index contributed by atoms with van der Waals surface area (Å²) in [7, 11) is 3.19. The van der Waals surface area contributed by atoms with Crippen molar-refractivity contribution in [1.82, 2.24) is 4.57 Å². The van der Waals surface area contributed by atoms with E-state index in [1.807, 2.05) is 0 Å². The van der Waals surface area contributed by atoms with E-state index in [1.54, 1.807) is 37.5 Å². The van der Waals surface area contributed by atoms with Crippen LogP contribution >= 0.6 is 0 Å². The lowest BCUT2D eigenvalue weighted by Crippen LogP contribution is -2.15. The third-order valence-corrected chi connectivity index (χ3v) is 3.17. The Labute approximate surface area is 133 Å². The van der Waals surface area contributed by atoms with Gasteiger partial charge >= 0.3 is 5.97 Å². The molecule has 0 amide bonds. The van der Waals surface area contributed by atoms with Crippen LogP contribution in [-0.2, 0) is 18.4 Å². The zero-order chi connectivity index (χ0) is 16.8. The van der Waals surface area contributed by atoms with Crippen molar-refractivity contribution in [3.8, 4) is 11.5 Å². The summed E-state index contributed by atoms with van der Waals surface area (Å²) >= 11 is 0. The zero-order valence-corrected chi connectivity index (χ0v) is 12.9. The third-order valence-electron chi connectivity index (χ3n) is 3.17. The Hall–Kier alpha value is -3.02. The molecule has 0 unspecified atom stereocenters. The van der Waals surface area contributed by atoms with Gasteiger partial charge in [-0.25, -0.2) is 4.79 Å². The lowest BCUT2D eigenvalue weighted by atomic mass is 10.2. The maximum atomic E-state index is 11.6. The first kappa shape index (κ1) is 16.4. The van der Waals surface area contributed by atoms with Gasteiger partial charge in [0, 0.05) is 25.4 Å². The number of methoxy groups -OCH3 is 1. The van der Waals surface area contributed by atoms with Crippen LogP contribution in [0.5, 0.6) is 11.5 Å². The number of benzene rings is 1. The first-order valence-electron chi connectivity index (χ1n) is 6.87. The van der Waals surface area contributed by atoms with Crippen LogP contribution < -0.4 is 15.0 Å². The fourth-order valence-electron chi connectivity index (χ4n) is 1.91. The van der Waals surface area contributed by atoms with Gasteiger partial charge in [0.15, 0.2) is 11.5 Å². The zero-order valence-electron chi connectivity index (χ0n) is 12.9. The molecule has 120 valence electrons. The molecule has 0 aliphatic heterocycles. The molecule has 0 saturated carbocycles. The van der Waals surface area contributed by atoms with Crippen LogP contribution in [0.1, 0.15) is 11.1 Å². The Kier molecular flexibility index (Phi) is 5.19. The standard InChI is InChI=1S/C17H17NO5/c1-18-8-7-13(10-16(18)19)11-23-14-5-3-12(4-6-17(20)21)9-15(14)22-2/h3-10H,11H2,1-2H3,(H,20,21)/b6-4+. The molecular formula is C17H17NO5. The van der Waals surface area contributed by atoms with Gasteiger partial charge in [0.25, 0.3) is 5.56 Å². The Morgan fingerprint density at radius 3 is 2.70 bits per heavy atom. The Balaban J connectivity index is 2.14. The quantitative estimate of drug-likeness (QED) is 0.826. The SMILES string of the molecule is COc1cc(/C=C/C(=O)O)ccc1OCc1ccn(C)c(=O)c1. The van der Waals surface area contributed by atoms with Crippen molar-refractivity contribution in [2.45, 2.75) is 6.61 Å². The maximum absolute atomic E-state index is 11.6. The van der Waals surface area contributed by atoms with E-state index in [4.69, 9.17) is 14.6 Å². The van der Waals surface area contributed by atoms with E-state index in [1.165, 1.54) is 23.8 Å². The predicted octanol–water partition coefficient (Wildman–Crippen LogP) is 2.07. The average Bonchev–Trinajstić information content (AvgIpc) is 2.54. The molecule has 0 bridgehead atoms. The molecule has 0 aliphatic rings. The molecule has 23 heavy (non-hydrogen) atoms. The van der Waals surface area contributed by atoms with E-state index in [2.05, 4.69) is 0 Å². The summed E-state index contributed by atoms with van der Waals surface area (Å²) in [6.45, 7) is 0.233.